The zero-order chi connectivity index (χ0) is 31.5. The molecule has 43 heavy (non-hydrogen) atoms. The predicted molar refractivity (Wildman–Crippen MR) is 161 cm³/mol. The molecule has 5 rings (SSSR count). The Labute approximate surface area is 252 Å². The van der Waals surface area contributed by atoms with E-state index in [1.165, 1.54) is 17.7 Å². The van der Waals surface area contributed by atoms with Gasteiger partial charge in [-0.25, -0.2) is 17.5 Å². The lowest BCUT2D eigenvalue weighted by Crippen LogP contribution is -2.38. The van der Waals surface area contributed by atoms with Crippen molar-refractivity contribution in [2.45, 2.75) is 64.1 Å². The monoisotopic (exact) mass is 642 g/mol. The summed E-state index contributed by atoms with van der Waals surface area (Å²) in [7, 11) is -3.17. The first kappa shape index (κ1) is 33.0. The topological polar surface area (TPSA) is 137 Å². The lowest BCUT2D eigenvalue weighted by molar-refractivity contribution is -0.192. The van der Waals surface area contributed by atoms with Crippen LogP contribution in [0.2, 0.25) is 0 Å². The van der Waals surface area contributed by atoms with E-state index < -0.39 is 28.1 Å². The molecule has 2 fully saturated rings. The number of carboxylic acid groups (broad SMARTS) is 1. The Balaban J connectivity index is 0.000000541. The molecule has 0 bridgehead atoms. The van der Waals surface area contributed by atoms with Gasteiger partial charge in [0.2, 0.25) is 10.0 Å². The summed E-state index contributed by atoms with van der Waals surface area (Å²) in [6, 6.07) is 6.80. The number of nitrogens with one attached hydrogen (secondary N) is 1. The van der Waals surface area contributed by atoms with Crippen LogP contribution in [-0.2, 0) is 14.8 Å². The Hall–Kier alpha value is -2.94. The number of hydrogen-bond donors (Lipinski definition) is 3. The van der Waals surface area contributed by atoms with Gasteiger partial charge >= 0.3 is 12.1 Å². The summed E-state index contributed by atoms with van der Waals surface area (Å²) >= 11 is 1.79. The van der Waals surface area contributed by atoms with E-state index in [-0.39, 0.29) is 11.7 Å². The fourth-order valence-corrected chi connectivity index (χ4v) is 8.22. The molecule has 2 saturated heterocycles. The number of aromatic nitrogens is 1. The summed E-state index contributed by atoms with van der Waals surface area (Å²) in [5.74, 6) is -2.84. The molecule has 14 heteroatoms. The molecular formula is C29H37F3N4O5S2. The van der Waals surface area contributed by atoms with Crippen molar-refractivity contribution in [3.05, 3.63) is 45.8 Å². The molecule has 4 N–H and O–H groups in total. The summed E-state index contributed by atoms with van der Waals surface area (Å²) < 4.78 is 57.9. The lowest BCUT2D eigenvalue weighted by Gasteiger charge is -2.31. The smallest absolute Gasteiger partial charge is 0.475 e. The largest absolute Gasteiger partial charge is 0.490 e. The molecule has 0 aliphatic carbocycles. The molecule has 1 atom stereocenters. The zero-order valence-electron chi connectivity index (χ0n) is 24.1. The SMILES string of the molecule is CCC(c1cc(-c2cc(C(N)=O)c3[nH]cc(C4CCN(S(=O)(=O)CC)CC4)c3c2)cs1)N1CCCC1.O=C(O)C(F)(F)F. The molecule has 2 aliphatic heterocycles. The Morgan fingerprint density at radius 1 is 1.09 bits per heavy atom. The number of piperidine rings is 1. The highest BCUT2D eigenvalue weighted by Gasteiger charge is 2.38. The van der Waals surface area contributed by atoms with E-state index in [0.717, 1.165) is 59.9 Å². The molecule has 0 radical (unpaired) electrons. The maximum absolute atomic E-state index is 12.4. The number of nitrogens with two attached hydrogens (primary N) is 1. The number of hydrogen-bond acceptors (Lipinski definition) is 6. The van der Waals surface area contributed by atoms with Crippen LogP contribution in [0.1, 0.15) is 78.7 Å². The van der Waals surface area contributed by atoms with Gasteiger partial charge in [0, 0.05) is 35.6 Å². The normalized spacial score (nSPS) is 18.0. The minimum Gasteiger partial charge on any atom is -0.475 e. The summed E-state index contributed by atoms with van der Waals surface area (Å²) in [5.41, 5.74) is 10.3. The first-order valence-electron chi connectivity index (χ1n) is 14.3. The number of amides is 1. The molecular weight excluding hydrogens is 605 g/mol. The van der Waals surface area contributed by atoms with Crippen molar-refractivity contribution in [1.82, 2.24) is 14.2 Å². The van der Waals surface area contributed by atoms with E-state index in [1.54, 1.807) is 22.6 Å². The van der Waals surface area contributed by atoms with Crippen molar-refractivity contribution >= 4 is 44.1 Å². The number of sulfonamides is 1. The number of halogens is 3. The number of carbonyl (C=O) groups is 2. The second-order valence-corrected chi connectivity index (χ2v) is 14.0. The summed E-state index contributed by atoms with van der Waals surface area (Å²) in [6.07, 6.45) is 2.05. The van der Waals surface area contributed by atoms with E-state index in [4.69, 9.17) is 15.6 Å². The number of rotatable bonds is 8. The molecule has 1 amide bonds. The molecule has 1 unspecified atom stereocenters. The quantitative estimate of drug-likeness (QED) is 0.288. The third-order valence-electron chi connectivity index (χ3n) is 8.23. The van der Waals surface area contributed by atoms with Crippen molar-refractivity contribution in [3.8, 4) is 11.1 Å². The standard InChI is InChI=1S/C27H36N4O3S2.C2HF3O2/c1-3-24(30-9-5-6-10-30)25-15-20(17-35-25)19-13-21-23(16-29-26(21)22(14-19)27(28)32)18-7-11-31(12-8-18)36(33,34)4-2;3-2(4,5)1(6)7/h13-18,24,29H,3-12H2,1-2H3,(H2,28,32);(H,6,7). The summed E-state index contributed by atoms with van der Waals surface area (Å²) in [4.78, 5) is 28.6. The highest BCUT2D eigenvalue weighted by molar-refractivity contribution is 7.89. The number of aliphatic carboxylic acids is 1. The molecule has 2 aliphatic rings. The second kappa shape index (κ2) is 13.4. The van der Waals surface area contributed by atoms with E-state index in [1.807, 2.05) is 12.3 Å². The number of carbonyl (C=O) groups excluding carboxylic acids is 1. The number of benzene rings is 1. The molecule has 9 nitrogen and oxygen atoms in total. The number of primary amides is 1. The fourth-order valence-electron chi connectivity index (χ4n) is 5.95. The van der Waals surface area contributed by atoms with Crippen molar-refractivity contribution in [3.63, 3.8) is 0 Å². The van der Waals surface area contributed by atoms with E-state index in [9.17, 15) is 26.4 Å². The van der Waals surface area contributed by atoms with Gasteiger partial charge in [0.25, 0.3) is 5.91 Å². The Bertz CT molecular complexity index is 1550. The number of nitrogens with zero attached hydrogens (tertiary/aromatic N) is 2. The van der Waals surface area contributed by atoms with Gasteiger partial charge in [-0.15, -0.1) is 11.3 Å². The van der Waals surface area contributed by atoms with Gasteiger partial charge in [0.05, 0.1) is 16.8 Å². The van der Waals surface area contributed by atoms with Crippen molar-refractivity contribution in [1.29, 1.82) is 0 Å². The van der Waals surface area contributed by atoms with Gasteiger partial charge in [-0.05, 0) is 98.3 Å². The van der Waals surface area contributed by atoms with Crippen LogP contribution in [0.25, 0.3) is 22.0 Å². The third-order valence-corrected chi connectivity index (χ3v) is 11.1. The number of likely N-dealkylation sites (tertiary alicyclic amines) is 1. The van der Waals surface area contributed by atoms with Crippen LogP contribution >= 0.6 is 11.3 Å². The van der Waals surface area contributed by atoms with Crippen LogP contribution in [0, 0.1) is 0 Å². The highest BCUT2D eigenvalue weighted by Crippen LogP contribution is 2.40. The average Bonchev–Trinajstić information content (AvgIpc) is 3.75. The van der Waals surface area contributed by atoms with Crippen LogP contribution in [0.4, 0.5) is 13.2 Å². The van der Waals surface area contributed by atoms with Crippen molar-refractivity contribution < 1.29 is 36.3 Å². The predicted octanol–water partition coefficient (Wildman–Crippen LogP) is 5.70. The van der Waals surface area contributed by atoms with Crippen LogP contribution < -0.4 is 5.73 Å². The number of carboxylic acids is 1. The van der Waals surface area contributed by atoms with Crippen molar-refractivity contribution in [2.75, 3.05) is 31.9 Å². The number of thiophene rings is 1. The number of alkyl halides is 3. The maximum atomic E-state index is 12.4. The first-order chi connectivity index (χ1) is 20.3. The number of H-pyrrole nitrogens is 1. The van der Waals surface area contributed by atoms with E-state index >= 15 is 0 Å². The third kappa shape index (κ3) is 7.41. The maximum Gasteiger partial charge on any atom is 0.490 e. The number of aromatic amines is 1. The molecule has 1 aromatic carbocycles. The summed E-state index contributed by atoms with van der Waals surface area (Å²) in [6.45, 7) is 7.32. The van der Waals surface area contributed by atoms with Gasteiger partial charge in [0.15, 0.2) is 0 Å². The molecule has 2 aromatic heterocycles. The number of fused-ring (bicyclic) bond motifs is 1. The molecule has 0 saturated carbocycles. The van der Waals surface area contributed by atoms with Gasteiger partial charge < -0.3 is 15.8 Å². The second-order valence-electron chi connectivity index (χ2n) is 10.8. The fraction of sp³-hybridized carbons (Fsp3) is 0.517. The summed E-state index contributed by atoms with van der Waals surface area (Å²) in [5, 5.41) is 10.3. The molecule has 236 valence electrons. The van der Waals surface area contributed by atoms with Crippen LogP contribution in [-0.4, -0.2) is 77.7 Å². The highest BCUT2D eigenvalue weighted by atomic mass is 32.2. The first-order valence-corrected chi connectivity index (χ1v) is 16.8. The van der Waals surface area contributed by atoms with Gasteiger partial charge in [-0.3, -0.25) is 9.69 Å². The van der Waals surface area contributed by atoms with Crippen LogP contribution in [0.3, 0.4) is 0 Å². The zero-order valence-corrected chi connectivity index (χ0v) is 25.7. The van der Waals surface area contributed by atoms with Crippen LogP contribution in [0.15, 0.2) is 29.8 Å². The minimum absolute atomic E-state index is 0.134. The van der Waals surface area contributed by atoms with Crippen LogP contribution in [0.5, 0.6) is 0 Å². The molecule has 4 heterocycles. The lowest BCUT2D eigenvalue weighted by atomic mass is 9.88. The molecule has 0 spiro atoms. The van der Waals surface area contributed by atoms with Gasteiger partial charge in [-0.2, -0.15) is 13.2 Å². The molecule has 3 aromatic rings. The Morgan fingerprint density at radius 2 is 1.72 bits per heavy atom. The van der Waals surface area contributed by atoms with Crippen molar-refractivity contribution in [2.24, 2.45) is 5.73 Å². The van der Waals surface area contributed by atoms with E-state index in [0.29, 0.717) is 24.7 Å². The van der Waals surface area contributed by atoms with Gasteiger partial charge in [-0.1, -0.05) is 6.92 Å². The van der Waals surface area contributed by atoms with E-state index in [2.05, 4.69) is 34.3 Å². The Morgan fingerprint density at radius 3 is 2.26 bits per heavy atom. The Kier molecular flexibility index (Phi) is 10.2. The minimum atomic E-state index is -5.08. The van der Waals surface area contributed by atoms with Gasteiger partial charge in [0.1, 0.15) is 0 Å². The average molecular weight is 643 g/mol.